The molecule has 0 aliphatic rings. The van der Waals surface area contributed by atoms with Gasteiger partial charge in [0.2, 0.25) is 21.8 Å². The molecule has 2 amide bonds. The van der Waals surface area contributed by atoms with Gasteiger partial charge in [-0.1, -0.05) is 76.9 Å². The predicted molar refractivity (Wildman–Crippen MR) is 161 cm³/mol. The summed E-state index contributed by atoms with van der Waals surface area (Å²) in [6, 6.07) is 17.6. The molecule has 0 fully saturated rings. The van der Waals surface area contributed by atoms with Crippen molar-refractivity contribution in [2.45, 2.75) is 38.5 Å². The third kappa shape index (κ3) is 9.20. The first-order chi connectivity index (χ1) is 19.7. The van der Waals surface area contributed by atoms with E-state index < -0.39 is 51.2 Å². The van der Waals surface area contributed by atoms with Crippen molar-refractivity contribution in [2.24, 2.45) is 0 Å². The number of amides is 2. The van der Waals surface area contributed by atoms with E-state index in [9.17, 15) is 31.2 Å². The Kier molecular flexibility index (Phi) is 11.4. The van der Waals surface area contributed by atoms with Crippen LogP contribution in [0.4, 0.5) is 18.9 Å². The first-order valence-corrected chi connectivity index (χ1v) is 15.9. The second-order valence-corrected chi connectivity index (χ2v) is 12.8. The maximum atomic E-state index is 14.0. The zero-order chi connectivity index (χ0) is 31.1. The highest BCUT2D eigenvalue weighted by Gasteiger charge is 2.36. The van der Waals surface area contributed by atoms with Gasteiger partial charge in [-0.05, 0) is 47.9 Å². The minimum atomic E-state index is -4.86. The van der Waals surface area contributed by atoms with Crippen LogP contribution in [0.2, 0.25) is 5.02 Å². The Morgan fingerprint density at radius 1 is 1.00 bits per heavy atom. The van der Waals surface area contributed by atoms with Gasteiger partial charge in [-0.15, -0.1) is 0 Å². The van der Waals surface area contributed by atoms with Crippen LogP contribution in [0.15, 0.2) is 77.3 Å². The number of alkyl halides is 3. The first kappa shape index (κ1) is 33.4. The molecule has 0 bridgehead atoms. The number of benzene rings is 3. The third-order valence-electron chi connectivity index (χ3n) is 6.31. The van der Waals surface area contributed by atoms with E-state index in [-0.39, 0.29) is 18.7 Å². The highest BCUT2D eigenvalue weighted by Crippen LogP contribution is 2.37. The number of halogens is 5. The van der Waals surface area contributed by atoms with E-state index in [0.717, 1.165) is 28.4 Å². The van der Waals surface area contributed by atoms with Gasteiger partial charge >= 0.3 is 6.18 Å². The molecular formula is C29H30BrClF3N3O4S. The number of rotatable bonds is 12. The van der Waals surface area contributed by atoms with Crippen molar-refractivity contribution >= 4 is 55.1 Å². The van der Waals surface area contributed by atoms with E-state index in [1.807, 2.05) is 13.0 Å². The van der Waals surface area contributed by atoms with Crippen molar-refractivity contribution < 1.29 is 31.2 Å². The van der Waals surface area contributed by atoms with Crippen LogP contribution in [0.3, 0.4) is 0 Å². The van der Waals surface area contributed by atoms with E-state index in [2.05, 4.69) is 21.2 Å². The number of carbonyl (C=O) groups is 2. The Balaban J connectivity index is 2.08. The van der Waals surface area contributed by atoms with Crippen LogP contribution in [0.25, 0.3) is 0 Å². The Bertz CT molecular complexity index is 1490. The summed E-state index contributed by atoms with van der Waals surface area (Å²) < 4.78 is 67.8. The van der Waals surface area contributed by atoms with Crippen molar-refractivity contribution in [1.29, 1.82) is 0 Å². The average Bonchev–Trinajstić information content (AvgIpc) is 2.93. The lowest BCUT2D eigenvalue weighted by Gasteiger charge is -2.33. The summed E-state index contributed by atoms with van der Waals surface area (Å²) in [4.78, 5) is 28.7. The lowest BCUT2D eigenvalue weighted by atomic mass is 10.0. The quantitative estimate of drug-likeness (QED) is 0.251. The highest BCUT2D eigenvalue weighted by molar-refractivity contribution is 9.10. The van der Waals surface area contributed by atoms with Gasteiger partial charge in [0.15, 0.2) is 0 Å². The minimum absolute atomic E-state index is 0.0603. The molecule has 0 saturated carbocycles. The van der Waals surface area contributed by atoms with Gasteiger partial charge in [0.05, 0.1) is 22.5 Å². The molecule has 0 aliphatic carbocycles. The zero-order valence-corrected chi connectivity index (χ0v) is 26.0. The third-order valence-corrected chi connectivity index (χ3v) is 8.31. The number of anilines is 1. The van der Waals surface area contributed by atoms with Crippen LogP contribution in [0, 0.1) is 0 Å². The first-order valence-electron chi connectivity index (χ1n) is 12.9. The molecular weight excluding hydrogens is 659 g/mol. The number of sulfonamides is 1. The summed E-state index contributed by atoms with van der Waals surface area (Å²) in [5.74, 6) is -1.22. The molecule has 0 spiro atoms. The maximum absolute atomic E-state index is 14.0. The van der Waals surface area contributed by atoms with Crippen LogP contribution in [-0.2, 0) is 38.8 Å². The maximum Gasteiger partial charge on any atom is 0.417 e. The summed E-state index contributed by atoms with van der Waals surface area (Å²) >= 11 is 9.10. The fourth-order valence-electron chi connectivity index (χ4n) is 4.21. The topological polar surface area (TPSA) is 86.8 Å². The average molecular weight is 689 g/mol. The molecule has 42 heavy (non-hydrogen) atoms. The molecule has 1 N–H and O–H groups in total. The molecule has 3 rings (SSSR count). The largest absolute Gasteiger partial charge is 0.417 e. The summed E-state index contributed by atoms with van der Waals surface area (Å²) in [5, 5.41) is 2.20. The van der Waals surface area contributed by atoms with E-state index in [4.69, 9.17) is 11.6 Å². The van der Waals surface area contributed by atoms with E-state index >= 15 is 0 Å². The van der Waals surface area contributed by atoms with Crippen molar-refractivity contribution in [3.63, 3.8) is 0 Å². The predicted octanol–water partition coefficient (Wildman–Crippen LogP) is 6.05. The zero-order valence-electron chi connectivity index (χ0n) is 22.9. The molecule has 3 aromatic rings. The fraction of sp³-hybridized carbons (Fsp3) is 0.310. The molecule has 0 aromatic heterocycles. The molecule has 13 heteroatoms. The van der Waals surface area contributed by atoms with Gasteiger partial charge in [-0.2, -0.15) is 13.2 Å². The normalized spacial score (nSPS) is 12.5. The summed E-state index contributed by atoms with van der Waals surface area (Å²) in [6.45, 7) is 1.32. The molecule has 226 valence electrons. The summed E-state index contributed by atoms with van der Waals surface area (Å²) in [6.07, 6.45) is -3.30. The number of hydrogen-bond acceptors (Lipinski definition) is 4. The van der Waals surface area contributed by atoms with E-state index in [0.29, 0.717) is 28.9 Å². The SMILES string of the molecule is CCCNC(=O)C(Cc1ccccc1)N(Cc1ccc(Br)cc1)C(=O)CN(c1ccc(Cl)c(C(F)(F)F)c1)S(C)(=O)=O. The van der Waals surface area contributed by atoms with Gasteiger partial charge in [0.1, 0.15) is 12.6 Å². The molecule has 0 radical (unpaired) electrons. The lowest BCUT2D eigenvalue weighted by molar-refractivity contribution is -0.140. The smallest absolute Gasteiger partial charge is 0.354 e. The lowest BCUT2D eigenvalue weighted by Crippen LogP contribution is -2.53. The number of carbonyl (C=O) groups excluding carboxylic acids is 2. The van der Waals surface area contributed by atoms with Crippen molar-refractivity contribution in [1.82, 2.24) is 10.2 Å². The number of nitrogens with zero attached hydrogens (tertiary/aromatic N) is 2. The minimum Gasteiger partial charge on any atom is -0.354 e. The number of hydrogen-bond donors (Lipinski definition) is 1. The molecule has 0 aliphatic heterocycles. The second-order valence-electron chi connectivity index (χ2n) is 9.58. The Morgan fingerprint density at radius 3 is 2.21 bits per heavy atom. The number of nitrogens with one attached hydrogen (secondary N) is 1. The molecule has 1 atom stereocenters. The van der Waals surface area contributed by atoms with Crippen molar-refractivity contribution in [3.8, 4) is 0 Å². The van der Waals surface area contributed by atoms with Gasteiger partial charge in [0.25, 0.3) is 0 Å². The Hall–Kier alpha value is -3.09. The summed E-state index contributed by atoms with van der Waals surface area (Å²) in [7, 11) is -4.25. The standard InChI is InChI=1S/C29H30BrClF3N3O4S/c1-3-15-35-28(39)26(16-20-7-5-4-6-8-20)36(18-21-9-11-22(30)12-10-21)27(38)19-37(42(2,40)41)23-13-14-25(31)24(17-23)29(32,33)34/h4-14,17,26H,3,15-16,18-19H2,1-2H3,(H,35,39). The van der Waals surface area contributed by atoms with Gasteiger partial charge in [-0.3, -0.25) is 13.9 Å². The van der Waals surface area contributed by atoms with Crippen molar-refractivity contribution in [2.75, 3.05) is 23.7 Å². The molecule has 7 nitrogen and oxygen atoms in total. The van der Waals surface area contributed by atoms with E-state index in [1.165, 1.54) is 4.90 Å². The van der Waals surface area contributed by atoms with Gasteiger partial charge in [-0.25, -0.2) is 8.42 Å². The van der Waals surface area contributed by atoms with E-state index in [1.54, 1.807) is 48.5 Å². The van der Waals surface area contributed by atoms with Crippen molar-refractivity contribution in [3.05, 3.63) is 99.0 Å². The second kappa shape index (κ2) is 14.4. The molecule has 3 aromatic carbocycles. The monoisotopic (exact) mass is 687 g/mol. The molecule has 0 saturated heterocycles. The van der Waals surface area contributed by atoms with Crippen LogP contribution >= 0.6 is 27.5 Å². The highest BCUT2D eigenvalue weighted by atomic mass is 79.9. The van der Waals surface area contributed by atoms with Crippen LogP contribution in [-0.4, -0.2) is 50.5 Å². The van der Waals surface area contributed by atoms with Gasteiger partial charge < -0.3 is 10.2 Å². The van der Waals surface area contributed by atoms with Gasteiger partial charge in [0, 0.05) is 24.0 Å². The van der Waals surface area contributed by atoms with Crippen LogP contribution < -0.4 is 9.62 Å². The van der Waals surface area contributed by atoms with Crippen LogP contribution in [0.1, 0.15) is 30.0 Å². The Morgan fingerprint density at radius 2 is 1.64 bits per heavy atom. The fourth-order valence-corrected chi connectivity index (χ4v) is 5.54. The summed E-state index contributed by atoms with van der Waals surface area (Å²) in [5.41, 5.74) is -0.212. The molecule has 1 unspecified atom stereocenters. The van der Waals surface area contributed by atoms with Crippen LogP contribution in [0.5, 0.6) is 0 Å². The molecule has 0 heterocycles. The Labute approximate surface area is 256 Å².